The van der Waals surface area contributed by atoms with E-state index in [0.717, 1.165) is 39.2 Å². The fraction of sp³-hybridized carbons (Fsp3) is 0.226. The summed E-state index contributed by atoms with van der Waals surface area (Å²) in [6.45, 7) is 1.40. The van der Waals surface area contributed by atoms with Crippen molar-refractivity contribution >= 4 is 39.4 Å². The summed E-state index contributed by atoms with van der Waals surface area (Å²) in [6.07, 6.45) is 2.34. The molecule has 1 aliphatic rings. The molecule has 4 N–H and O–H groups in total. The zero-order chi connectivity index (χ0) is 28.5. The summed E-state index contributed by atoms with van der Waals surface area (Å²) in [5.74, 6) is -0.807. The first-order valence-corrected chi connectivity index (χ1v) is 13.4. The van der Waals surface area contributed by atoms with Crippen molar-refractivity contribution < 1.29 is 24.5 Å². The minimum atomic E-state index is -0.932. The maximum absolute atomic E-state index is 11.4. The summed E-state index contributed by atoms with van der Waals surface area (Å²) in [5, 5.41) is 26.3. The van der Waals surface area contributed by atoms with Crippen molar-refractivity contribution in [2.75, 3.05) is 25.4 Å². The zero-order valence-electron chi connectivity index (χ0n) is 22.2. The van der Waals surface area contributed by atoms with Crippen LogP contribution >= 0.6 is 0 Å². The van der Waals surface area contributed by atoms with Crippen LogP contribution in [0.25, 0.3) is 32.8 Å². The average molecular weight is 552 g/mol. The third-order valence-electron chi connectivity index (χ3n) is 7.56. The Balaban J connectivity index is 1.41. The van der Waals surface area contributed by atoms with Gasteiger partial charge in [0.05, 0.1) is 24.5 Å². The summed E-state index contributed by atoms with van der Waals surface area (Å²) in [4.78, 5) is 28.8. The number of nitrogens with two attached hydrogens (primary N) is 1. The van der Waals surface area contributed by atoms with Gasteiger partial charge in [-0.3, -0.25) is 19.2 Å². The highest BCUT2D eigenvalue weighted by molar-refractivity contribution is 6.02. The highest BCUT2D eigenvalue weighted by atomic mass is 16.5. The van der Waals surface area contributed by atoms with Crippen LogP contribution in [0.3, 0.4) is 0 Å². The van der Waals surface area contributed by atoms with Gasteiger partial charge in [-0.25, -0.2) is 4.98 Å². The number of benzene rings is 3. The molecule has 1 unspecified atom stereocenters. The van der Waals surface area contributed by atoms with E-state index in [4.69, 9.17) is 15.6 Å². The lowest BCUT2D eigenvalue weighted by molar-refractivity contribution is -0.138. The lowest BCUT2D eigenvalue weighted by Gasteiger charge is -2.15. The number of nitrogen functional groups attached to an aromatic ring is 1. The van der Waals surface area contributed by atoms with Crippen LogP contribution in [0, 0.1) is 0 Å². The Labute approximate surface area is 235 Å². The number of fused-ring (bicyclic) bond motifs is 2. The summed E-state index contributed by atoms with van der Waals surface area (Å²) < 4.78 is 8.14. The lowest BCUT2D eigenvalue weighted by atomic mass is 9.97. The van der Waals surface area contributed by atoms with Gasteiger partial charge in [-0.15, -0.1) is 0 Å². The molecule has 5 aromatic rings. The van der Waals surface area contributed by atoms with E-state index in [1.807, 2.05) is 46.0 Å². The van der Waals surface area contributed by atoms with Crippen molar-refractivity contribution in [1.29, 1.82) is 0 Å². The Morgan fingerprint density at radius 3 is 2.66 bits per heavy atom. The number of rotatable bonds is 9. The summed E-state index contributed by atoms with van der Waals surface area (Å²) in [5.41, 5.74) is 10.4. The van der Waals surface area contributed by atoms with E-state index in [1.54, 1.807) is 24.4 Å². The number of carbonyl (C=O) groups is 2. The fourth-order valence-corrected chi connectivity index (χ4v) is 5.69. The van der Waals surface area contributed by atoms with Crippen LogP contribution < -0.4 is 10.5 Å². The number of aliphatic carboxylic acids is 2. The van der Waals surface area contributed by atoms with Crippen molar-refractivity contribution in [2.24, 2.45) is 0 Å². The minimum Gasteiger partial charge on any atom is -0.487 e. The number of para-hydroxylation sites is 1. The van der Waals surface area contributed by atoms with E-state index in [9.17, 15) is 19.8 Å². The molecule has 6 rings (SSSR count). The van der Waals surface area contributed by atoms with Crippen molar-refractivity contribution in [3.8, 4) is 16.9 Å². The molecule has 1 aliphatic heterocycles. The molecule has 41 heavy (non-hydrogen) atoms. The van der Waals surface area contributed by atoms with Crippen LogP contribution in [-0.2, 0) is 22.6 Å². The Kier molecular flexibility index (Phi) is 6.98. The Morgan fingerprint density at radius 2 is 1.83 bits per heavy atom. The Hall–Kier alpha value is -4.96. The molecule has 0 aliphatic carbocycles. The first kappa shape index (κ1) is 26.3. The molecule has 1 atom stereocenters. The summed E-state index contributed by atoms with van der Waals surface area (Å²) in [6, 6.07) is 21.2. The van der Waals surface area contributed by atoms with Gasteiger partial charge in [-0.05, 0) is 47.2 Å². The van der Waals surface area contributed by atoms with Gasteiger partial charge in [-0.2, -0.15) is 5.10 Å². The van der Waals surface area contributed by atoms with E-state index < -0.39 is 11.9 Å². The number of anilines is 1. The maximum Gasteiger partial charge on any atom is 0.317 e. The second kappa shape index (κ2) is 10.9. The minimum absolute atomic E-state index is 0.00471. The topological polar surface area (TPSA) is 144 Å². The van der Waals surface area contributed by atoms with Crippen molar-refractivity contribution in [2.45, 2.75) is 25.5 Å². The number of likely N-dealkylation sites (tertiary alicyclic amines) is 1. The predicted molar refractivity (Wildman–Crippen MR) is 155 cm³/mol. The molecule has 1 saturated heterocycles. The van der Waals surface area contributed by atoms with Gasteiger partial charge in [0.2, 0.25) is 0 Å². The van der Waals surface area contributed by atoms with Gasteiger partial charge < -0.3 is 20.7 Å². The largest absolute Gasteiger partial charge is 0.487 e. The third kappa shape index (κ3) is 5.29. The molecule has 3 aromatic carbocycles. The summed E-state index contributed by atoms with van der Waals surface area (Å²) in [7, 11) is 0. The SMILES string of the molecule is Nc1nccc2c(-c3ccc4c(c3)c(COc3ccccc3CC(=O)O)nn4C3CCN(CC(=O)O)C3)cccc12. The van der Waals surface area contributed by atoms with Crippen LogP contribution in [0.15, 0.2) is 72.9 Å². The number of aromatic nitrogens is 3. The van der Waals surface area contributed by atoms with Gasteiger partial charge in [0.15, 0.2) is 0 Å². The number of nitrogens with zero attached hydrogens (tertiary/aromatic N) is 4. The van der Waals surface area contributed by atoms with Crippen molar-refractivity contribution in [3.05, 3.63) is 84.2 Å². The second-order valence-corrected chi connectivity index (χ2v) is 10.3. The van der Waals surface area contributed by atoms with Gasteiger partial charge in [0.1, 0.15) is 23.9 Å². The number of pyridine rings is 1. The molecule has 10 heteroatoms. The number of carboxylic acids is 2. The van der Waals surface area contributed by atoms with E-state index in [0.29, 0.717) is 35.9 Å². The predicted octanol–water partition coefficient (Wildman–Crippen LogP) is 4.37. The summed E-state index contributed by atoms with van der Waals surface area (Å²) >= 11 is 0. The second-order valence-electron chi connectivity index (χ2n) is 10.3. The first-order valence-electron chi connectivity index (χ1n) is 13.4. The normalized spacial score (nSPS) is 15.5. The molecule has 1 fully saturated rings. The van der Waals surface area contributed by atoms with Crippen molar-refractivity contribution in [3.63, 3.8) is 0 Å². The van der Waals surface area contributed by atoms with Crippen molar-refractivity contribution in [1.82, 2.24) is 19.7 Å². The Bertz CT molecular complexity index is 1780. The average Bonchev–Trinajstić information content (AvgIpc) is 3.56. The number of hydrogen-bond acceptors (Lipinski definition) is 7. The smallest absolute Gasteiger partial charge is 0.317 e. The Morgan fingerprint density at radius 1 is 0.976 bits per heavy atom. The molecule has 2 aromatic heterocycles. The number of hydrogen-bond donors (Lipinski definition) is 3. The van der Waals surface area contributed by atoms with Gasteiger partial charge in [0.25, 0.3) is 0 Å². The van der Waals surface area contributed by atoms with Gasteiger partial charge >= 0.3 is 11.9 Å². The molecule has 0 amide bonds. The highest BCUT2D eigenvalue weighted by Crippen LogP contribution is 2.35. The van der Waals surface area contributed by atoms with E-state index in [1.165, 1.54) is 0 Å². The highest BCUT2D eigenvalue weighted by Gasteiger charge is 2.28. The molecule has 3 heterocycles. The quantitative estimate of drug-likeness (QED) is 0.243. The number of ether oxygens (including phenoxy) is 1. The molecule has 0 radical (unpaired) electrons. The monoisotopic (exact) mass is 551 g/mol. The lowest BCUT2D eigenvalue weighted by Crippen LogP contribution is -2.28. The van der Waals surface area contributed by atoms with Crippen LogP contribution in [0.4, 0.5) is 5.82 Å². The van der Waals surface area contributed by atoms with E-state index in [-0.39, 0.29) is 25.6 Å². The number of carboxylic acid groups (broad SMARTS) is 2. The van der Waals surface area contributed by atoms with Crippen LogP contribution in [0.2, 0.25) is 0 Å². The van der Waals surface area contributed by atoms with Gasteiger partial charge in [-0.1, -0.05) is 42.5 Å². The van der Waals surface area contributed by atoms with Crippen LogP contribution in [-0.4, -0.2) is 61.5 Å². The maximum atomic E-state index is 11.4. The molecule has 208 valence electrons. The molecule has 10 nitrogen and oxygen atoms in total. The van der Waals surface area contributed by atoms with Crippen LogP contribution in [0.1, 0.15) is 23.7 Å². The molecular formula is C31H29N5O5. The van der Waals surface area contributed by atoms with E-state index >= 15 is 0 Å². The molecule has 0 saturated carbocycles. The fourth-order valence-electron chi connectivity index (χ4n) is 5.69. The van der Waals surface area contributed by atoms with Crippen LogP contribution in [0.5, 0.6) is 5.75 Å². The molecular weight excluding hydrogens is 522 g/mol. The molecule has 0 bridgehead atoms. The zero-order valence-corrected chi connectivity index (χ0v) is 22.2. The first-order chi connectivity index (χ1) is 19.9. The van der Waals surface area contributed by atoms with Gasteiger partial charge in [0, 0.05) is 35.6 Å². The standard InChI is InChI=1S/C31H29N5O5/c32-31-24-6-3-5-22(23(24)10-12-33-31)19-8-9-27-25(14-19)26(18-41-28-7-2-1-4-20(28)15-29(37)38)34-36(27)21-11-13-35(16-21)17-30(39)40/h1-10,12,14,21H,11,13,15-18H2,(H2,32,33)(H,37,38)(H,39,40). The third-order valence-corrected chi connectivity index (χ3v) is 7.56. The van der Waals surface area contributed by atoms with E-state index in [2.05, 4.69) is 17.1 Å². The molecule has 0 spiro atoms.